The van der Waals surface area contributed by atoms with Crippen LogP contribution in [0.15, 0.2) is 36.5 Å². The van der Waals surface area contributed by atoms with E-state index < -0.39 is 24.3 Å². The summed E-state index contributed by atoms with van der Waals surface area (Å²) in [5.74, 6) is -2.26. The molecule has 0 aromatic carbocycles. The zero-order valence-corrected chi connectivity index (χ0v) is 55.8. The average Bonchev–Trinajstić information content (AvgIpc) is 3.46. The molecule has 0 aromatic rings. The van der Waals surface area contributed by atoms with Gasteiger partial charge >= 0.3 is 11.9 Å². The van der Waals surface area contributed by atoms with Gasteiger partial charge in [-0.1, -0.05) is 333 Å². The lowest BCUT2D eigenvalue weighted by molar-refractivity contribution is -0.870. The fourth-order valence-corrected chi connectivity index (χ4v) is 10.8. The molecule has 0 saturated heterocycles. The van der Waals surface area contributed by atoms with Gasteiger partial charge in [0.25, 0.3) is 0 Å². The SMILES string of the molecule is CCCCCCC/C=C\C/C=C\C/C=C\CCCCCCCCCCCCCCCCC(=O)OC(COC(=O)CCCCCCCCCCCCCCCCCCCCCCCCCCCCCCC)COC(OCC[N+](C)(C)C)C(=O)[O-]. The zero-order valence-electron chi connectivity index (χ0n) is 55.8. The monoisotopic (exact) mass is 1170 g/mol. The Kier molecular flexibility index (Phi) is 63.5. The normalized spacial score (nSPS) is 12.8. The van der Waals surface area contributed by atoms with Gasteiger partial charge < -0.3 is 33.3 Å². The molecule has 0 aliphatic rings. The number of esters is 2. The van der Waals surface area contributed by atoms with Crippen molar-refractivity contribution in [3.63, 3.8) is 0 Å². The molecule has 2 unspecified atom stereocenters. The average molecular weight is 1170 g/mol. The molecule has 0 N–H and O–H groups in total. The maximum Gasteiger partial charge on any atom is 0.306 e. The summed E-state index contributed by atoms with van der Waals surface area (Å²) < 4.78 is 22.8. The van der Waals surface area contributed by atoms with Gasteiger partial charge in [0, 0.05) is 12.8 Å². The Morgan fingerprint density at radius 3 is 0.964 bits per heavy atom. The highest BCUT2D eigenvalue weighted by molar-refractivity contribution is 5.70. The lowest BCUT2D eigenvalue weighted by atomic mass is 10.0. The predicted octanol–water partition coefficient (Wildman–Crippen LogP) is 21.0. The maximum atomic E-state index is 12.9. The number of carbonyl (C=O) groups is 3. The number of hydrogen-bond donors (Lipinski definition) is 0. The second kappa shape index (κ2) is 65.5. The van der Waals surface area contributed by atoms with E-state index in [1.807, 2.05) is 21.1 Å². The molecule has 0 radical (unpaired) electrons. The van der Waals surface area contributed by atoms with Gasteiger partial charge in [0.1, 0.15) is 13.2 Å². The van der Waals surface area contributed by atoms with Crippen molar-refractivity contribution >= 4 is 17.9 Å². The number of hydrogen-bond acceptors (Lipinski definition) is 8. The standard InChI is InChI=1S/C74H139NO8/c1-6-8-10-12-14-16-18-20-22-24-26-28-30-32-34-36-38-40-42-44-46-48-50-52-54-56-58-60-62-64-71(76)81-68-70(69-82-74(73(78)79)80-67-66-75(3,4)5)83-72(77)65-63-61-59-57-55-53-51-49-47-45-43-41-39-37-35-33-31-29-27-25-23-21-19-17-15-13-11-9-7-2/h19,21,25,27,31,33,70,74H,6-18,20,22-24,26,28-30,32,34-69H2,1-5H3/b21-19-,27-25-,33-31-. The Labute approximate surface area is 515 Å². The van der Waals surface area contributed by atoms with Crippen molar-refractivity contribution in [2.45, 2.75) is 373 Å². The van der Waals surface area contributed by atoms with E-state index in [0.29, 0.717) is 23.9 Å². The van der Waals surface area contributed by atoms with Crippen molar-refractivity contribution in [2.75, 3.05) is 47.5 Å². The van der Waals surface area contributed by atoms with E-state index >= 15 is 0 Å². The van der Waals surface area contributed by atoms with Crippen LogP contribution in [0.1, 0.15) is 361 Å². The predicted molar refractivity (Wildman–Crippen MR) is 353 cm³/mol. The molecule has 0 amide bonds. The molecule has 0 saturated carbocycles. The van der Waals surface area contributed by atoms with E-state index in [1.165, 1.54) is 283 Å². The first-order chi connectivity index (χ1) is 40.6. The summed E-state index contributed by atoms with van der Waals surface area (Å²) >= 11 is 0. The van der Waals surface area contributed by atoms with E-state index in [-0.39, 0.29) is 32.2 Å². The van der Waals surface area contributed by atoms with Crippen LogP contribution < -0.4 is 5.11 Å². The van der Waals surface area contributed by atoms with Crippen molar-refractivity contribution in [1.82, 2.24) is 0 Å². The number of carbonyl (C=O) groups excluding carboxylic acids is 3. The summed E-state index contributed by atoms with van der Waals surface area (Å²) in [6, 6.07) is 0. The summed E-state index contributed by atoms with van der Waals surface area (Å²) in [5.41, 5.74) is 0. The van der Waals surface area contributed by atoms with Crippen LogP contribution in [0, 0.1) is 0 Å². The molecule has 9 nitrogen and oxygen atoms in total. The Morgan fingerprint density at radius 1 is 0.361 bits per heavy atom. The number of ether oxygens (including phenoxy) is 4. The molecule has 83 heavy (non-hydrogen) atoms. The molecule has 0 rings (SSSR count). The van der Waals surface area contributed by atoms with Gasteiger partial charge in [-0.15, -0.1) is 0 Å². The minimum Gasteiger partial charge on any atom is -0.545 e. The van der Waals surface area contributed by atoms with Crippen molar-refractivity contribution < 1.29 is 42.9 Å². The van der Waals surface area contributed by atoms with E-state index in [1.54, 1.807) is 0 Å². The number of unbranched alkanes of at least 4 members (excludes halogenated alkanes) is 47. The molecule has 0 heterocycles. The number of rotatable bonds is 68. The number of nitrogens with zero attached hydrogens (tertiary/aromatic N) is 1. The van der Waals surface area contributed by atoms with Crippen LogP contribution in [-0.4, -0.2) is 82.3 Å². The molecule has 488 valence electrons. The van der Waals surface area contributed by atoms with Gasteiger partial charge in [0.15, 0.2) is 12.4 Å². The van der Waals surface area contributed by atoms with Crippen LogP contribution in [0.2, 0.25) is 0 Å². The summed E-state index contributed by atoms with van der Waals surface area (Å²) in [6.07, 6.45) is 79.5. The lowest BCUT2D eigenvalue weighted by Gasteiger charge is -2.26. The Hall–Kier alpha value is -2.49. The van der Waals surface area contributed by atoms with E-state index in [2.05, 4.69) is 50.3 Å². The molecular formula is C74H139NO8. The highest BCUT2D eigenvalue weighted by atomic mass is 16.7. The zero-order chi connectivity index (χ0) is 60.5. The second-order valence-electron chi connectivity index (χ2n) is 25.9. The van der Waals surface area contributed by atoms with Crippen LogP contribution >= 0.6 is 0 Å². The van der Waals surface area contributed by atoms with Gasteiger partial charge in [-0.2, -0.15) is 0 Å². The fraction of sp³-hybridized carbons (Fsp3) is 0.878. The molecule has 0 bridgehead atoms. The molecule has 0 aliphatic carbocycles. The third-order valence-corrected chi connectivity index (χ3v) is 16.4. The third-order valence-electron chi connectivity index (χ3n) is 16.4. The van der Waals surface area contributed by atoms with Crippen molar-refractivity contribution in [3.05, 3.63) is 36.5 Å². The Bertz CT molecular complexity index is 1450. The first-order valence-electron chi connectivity index (χ1n) is 36.1. The largest absolute Gasteiger partial charge is 0.545 e. The fourth-order valence-electron chi connectivity index (χ4n) is 10.8. The third kappa shape index (κ3) is 66.9. The number of carboxylic acids is 1. The van der Waals surface area contributed by atoms with E-state index in [9.17, 15) is 19.5 Å². The minimum atomic E-state index is -1.62. The summed E-state index contributed by atoms with van der Waals surface area (Å²) in [5, 5.41) is 11.8. The topological polar surface area (TPSA) is 111 Å². The van der Waals surface area contributed by atoms with E-state index in [4.69, 9.17) is 18.9 Å². The van der Waals surface area contributed by atoms with E-state index in [0.717, 1.165) is 44.9 Å². The van der Waals surface area contributed by atoms with Gasteiger partial charge in [0.05, 0.1) is 40.3 Å². The molecule has 0 spiro atoms. The first-order valence-corrected chi connectivity index (χ1v) is 36.1. The Morgan fingerprint density at radius 2 is 0.651 bits per heavy atom. The molecule has 0 aromatic heterocycles. The molecule has 9 heteroatoms. The highest BCUT2D eigenvalue weighted by Crippen LogP contribution is 2.19. The second-order valence-corrected chi connectivity index (χ2v) is 25.9. The van der Waals surface area contributed by atoms with Gasteiger partial charge in [-0.3, -0.25) is 9.59 Å². The number of aliphatic carboxylic acids is 1. The lowest BCUT2D eigenvalue weighted by Crippen LogP contribution is -2.44. The number of carboxylic acid groups (broad SMARTS) is 1. The summed E-state index contributed by atoms with van der Waals surface area (Å²) in [4.78, 5) is 37.5. The first kappa shape index (κ1) is 80.5. The summed E-state index contributed by atoms with van der Waals surface area (Å²) in [7, 11) is 5.94. The maximum absolute atomic E-state index is 12.9. The number of quaternary nitrogens is 1. The molecule has 0 fully saturated rings. The van der Waals surface area contributed by atoms with Crippen molar-refractivity contribution in [2.24, 2.45) is 0 Å². The Balaban J connectivity index is 4.06. The van der Waals surface area contributed by atoms with Crippen LogP contribution in [0.3, 0.4) is 0 Å². The molecule has 0 aliphatic heterocycles. The van der Waals surface area contributed by atoms with Crippen LogP contribution in [0.25, 0.3) is 0 Å². The quantitative estimate of drug-likeness (QED) is 0.0195. The highest BCUT2D eigenvalue weighted by Gasteiger charge is 2.22. The molecule has 2 atom stereocenters. The number of likely N-dealkylation sites (N-methyl/N-ethyl adjacent to an activating group) is 1. The van der Waals surface area contributed by atoms with Crippen molar-refractivity contribution in [3.8, 4) is 0 Å². The number of allylic oxidation sites excluding steroid dienone is 6. The van der Waals surface area contributed by atoms with Gasteiger partial charge in [-0.05, 0) is 51.4 Å². The minimum absolute atomic E-state index is 0.150. The van der Waals surface area contributed by atoms with Crippen LogP contribution in [0.4, 0.5) is 0 Å². The van der Waals surface area contributed by atoms with Crippen LogP contribution in [0.5, 0.6) is 0 Å². The molecular weight excluding hydrogens is 1030 g/mol. The summed E-state index contributed by atoms with van der Waals surface area (Å²) in [6.45, 7) is 4.81. The smallest absolute Gasteiger partial charge is 0.306 e. The van der Waals surface area contributed by atoms with Gasteiger partial charge in [-0.25, -0.2) is 0 Å². The van der Waals surface area contributed by atoms with Crippen molar-refractivity contribution in [1.29, 1.82) is 0 Å². The van der Waals surface area contributed by atoms with Gasteiger partial charge in [0.2, 0.25) is 0 Å². The van der Waals surface area contributed by atoms with Crippen LogP contribution in [-0.2, 0) is 33.3 Å².